The van der Waals surface area contributed by atoms with Gasteiger partial charge in [-0.2, -0.15) is 0 Å². The van der Waals surface area contributed by atoms with E-state index in [1.807, 2.05) is 54.6 Å². The maximum absolute atomic E-state index is 13.0. The highest BCUT2D eigenvalue weighted by molar-refractivity contribution is 5.97. The smallest absolute Gasteiger partial charge is 0.408 e. The largest absolute Gasteiger partial charge is 0.444 e. The highest BCUT2D eigenvalue weighted by Gasteiger charge is 2.25. The lowest BCUT2D eigenvalue weighted by Crippen LogP contribution is -2.47. The Morgan fingerprint density at radius 2 is 1.64 bits per heavy atom. The summed E-state index contributed by atoms with van der Waals surface area (Å²) in [6.07, 6.45) is 1.63. The van der Waals surface area contributed by atoms with Gasteiger partial charge in [0.1, 0.15) is 11.6 Å². The minimum atomic E-state index is -0.744. The Kier molecular flexibility index (Phi) is 7.61. The molecule has 28 heavy (non-hydrogen) atoms. The highest BCUT2D eigenvalue weighted by Crippen LogP contribution is 2.18. The van der Waals surface area contributed by atoms with E-state index in [2.05, 4.69) is 17.6 Å². The van der Waals surface area contributed by atoms with Crippen LogP contribution in [0.25, 0.3) is 0 Å². The molecule has 0 aromatic heterocycles. The summed E-state index contributed by atoms with van der Waals surface area (Å²) in [6.45, 7) is 7.47. The molecule has 1 atom stereocenters. The second-order valence-electron chi connectivity index (χ2n) is 7.78. The lowest BCUT2D eigenvalue weighted by Gasteiger charge is -2.24. The second kappa shape index (κ2) is 9.93. The fourth-order valence-corrected chi connectivity index (χ4v) is 2.86. The van der Waals surface area contributed by atoms with Crippen LogP contribution in [0.5, 0.6) is 0 Å². The summed E-state index contributed by atoms with van der Waals surface area (Å²) in [4.78, 5) is 25.3. The summed E-state index contributed by atoms with van der Waals surface area (Å²) in [5.74, 6) is -0.265. The molecule has 0 unspecified atom stereocenters. The van der Waals surface area contributed by atoms with E-state index in [0.29, 0.717) is 6.42 Å². The minimum Gasteiger partial charge on any atom is -0.444 e. The molecule has 0 bridgehead atoms. The number of alkyl carbamates (subject to hydrolysis) is 1. The lowest BCUT2D eigenvalue weighted by molar-refractivity contribution is -0.118. The summed E-state index contributed by atoms with van der Waals surface area (Å²) < 4.78 is 5.34. The Balaban J connectivity index is 2.17. The molecule has 0 aliphatic carbocycles. The van der Waals surface area contributed by atoms with Gasteiger partial charge in [0.15, 0.2) is 0 Å². The highest BCUT2D eigenvalue weighted by atomic mass is 16.6. The molecule has 2 N–H and O–H groups in total. The number of aryl methyl sites for hydroxylation is 1. The van der Waals surface area contributed by atoms with Gasteiger partial charge >= 0.3 is 6.09 Å². The van der Waals surface area contributed by atoms with Gasteiger partial charge in [-0.15, -0.1) is 0 Å². The number of amides is 2. The first-order valence-corrected chi connectivity index (χ1v) is 9.70. The van der Waals surface area contributed by atoms with Crippen LogP contribution in [0.2, 0.25) is 0 Å². The monoisotopic (exact) mass is 382 g/mol. The number of carbonyl (C=O) groups is 2. The average Bonchev–Trinajstić information content (AvgIpc) is 2.62. The molecule has 2 aromatic rings. The van der Waals surface area contributed by atoms with E-state index in [1.54, 1.807) is 20.8 Å². The summed E-state index contributed by atoms with van der Waals surface area (Å²) in [7, 11) is 0. The molecule has 0 saturated heterocycles. The third-order valence-corrected chi connectivity index (χ3v) is 4.08. The molecule has 0 radical (unpaired) electrons. The zero-order valence-electron chi connectivity index (χ0n) is 17.1. The van der Waals surface area contributed by atoms with Gasteiger partial charge in [-0.1, -0.05) is 61.9 Å². The zero-order valence-corrected chi connectivity index (χ0v) is 17.1. The molecular weight excluding hydrogens is 352 g/mol. The van der Waals surface area contributed by atoms with Gasteiger partial charge in [-0.25, -0.2) is 4.79 Å². The maximum atomic E-state index is 13.0. The fraction of sp³-hybridized carbons (Fsp3) is 0.391. The van der Waals surface area contributed by atoms with Crippen LogP contribution in [-0.2, 0) is 22.4 Å². The number of ether oxygens (including phenoxy) is 1. The molecule has 2 aromatic carbocycles. The molecule has 0 heterocycles. The van der Waals surface area contributed by atoms with E-state index >= 15 is 0 Å². The quantitative estimate of drug-likeness (QED) is 0.728. The Labute approximate surface area is 167 Å². The Hall–Kier alpha value is -2.82. The summed E-state index contributed by atoms with van der Waals surface area (Å²) in [5.41, 5.74) is 2.18. The van der Waals surface area contributed by atoms with Crippen LogP contribution < -0.4 is 10.6 Å². The molecule has 2 amide bonds. The van der Waals surface area contributed by atoms with Crippen LogP contribution in [0.15, 0.2) is 54.6 Å². The molecule has 0 aliphatic rings. The van der Waals surface area contributed by atoms with E-state index in [4.69, 9.17) is 4.74 Å². The number of hydrogen-bond acceptors (Lipinski definition) is 3. The van der Waals surface area contributed by atoms with Crippen LogP contribution in [0.4, 0.5) is 10.5 Å². The molecule has 5 heteroatoms. The van der Waals surface area contributed by atoms with Crippen LogP contribution in [0.3, 0.4) is 0 Å². The first-order chi connectivity index (χ1) is 13.3. The number of rotatable bonds is 7. The molecule has 0 saturated carbocycles. The first-order valence-electron chi connectivity index (χ1n) is 9.70. The topological polar surface area (TPSA) is 67.4 Å². The van der Waals surface area contributed by atoms with Crippen molar-refractivity contribution >= 4 is 17.7 Å². The van der Waals surface area contributed by atoms with Crippen molar-refractivity contribution in [3.05, 3.63) is 65.7 Å². The lowest BCUT2D eigenvalue weighted by atomic mass is 10.0. The van der Waals surface area contributed by atoms with Gasteiger partial charge in [-0.05, 0) is 44.4 Å². The summed E-state index contributed by atoms with van der Waals surface area (Å²) in [6, 6.07) is 16.6. The first kappa shape index (κ1) is 21.5. The van der Waals surface area contributed by atoms with Crippen molar-refractivity contribution in [2.24, 2.45) is 0 Å². The van der Waals surface area contributed by atoms with Crippen molar-refractivity contribution < 1.29 is 14.3 Å². The van der Waals surface area contributed by atoms with Gasteiger partial charge in [0.2, 0.25) is 5.91 Å². The van der Waals surface area contributed by atoms with Gasteiger partial charge in [0.05, 0.1) is 0 Å². The Bertz CT molecular complexity index is 782. The number of benzene rings is 2. The standard InChI is InChI=1S/C23H30N2O3/c1-5-11-18-14-9-10-15-19(18)24-21(26)20(16-17-12-7-6-8-13-17)25-22(27)28-23(2,3)4/h6-10,12-15,20H,5,11,16H2,1-4H3,(H,24,26)(H,25,27)/t20-/m0/s1. The Morgan fingerprint density at radius 1 is 1.00 bits per heavy atom. The average molecular weight is 383 g/mol. The van der Waals surface area contributed by atoms with Crippen molar-refractivity contribution in [3.63, 3.8) is 0 Å². The fourth-order valence-electron chi connectivity index (χ4n) is 2.86. The Morgan fingerprint density at radius 3 is 2.29 bits per heavy atom. The molecule has 150 valence electrons. The summed E-state index contributed by atoms with van der Waals surface area (Å²) in [5, 5.41) is 5.69. The van der Waals surface area contributed by atoms with Crippen molar-refractivity contribution in [1.29, 1.82) is 0 Å². The summed E-state index contributed by atoms with van der Waals surface area (Å²) >= 11 is 0. The molecule has 2 rings (SSSR count). The van der Waals surface area contributed by atoms with Crippen molar-refractivity contribution in [2.75, 3.05) is 5.32 Å². The second-order valence-corrected chi connectivity index (χ2v) is 7.78. The molecule has 0 aliphatic heterocycles. The van der Waals surface area contributed by atoms with Crippen LogP contribution >= 0.6 is 0 Å². The van der Waals surface area contributed by atoms with E-state index in [1.165, 1.54) is 0 Å². The van der Waals surface area contributed by atoms with Crippen molar-refractivity contribution in [2.45, 2.75) is 58.6 Å². The molecular formula is C23H30N2O3. The number of hydrogen-bond donors (Lipinski definition) is 2. The van der Waals surface area contributed by atoms with Gasteiger partial charge in [0.25, 0.3) is 0 Å². The van der Waals surface area contributed by atoms with Crippen LogP contribution in [-0.4, -0.2) is 23.6 Å². The third-order valence-electron chi connectivity index (χ3n) is 4.08. The number of anilines is 1. The van der Waals surface area contributed by atoms with Crippen LogP contribution in [0, 0.1) is 0 Å². The van der Waals surface area contributed by atoms with E-state index in [0.717, 1.165) is 29.7 Å². The van der Waals surface area contributed by atoms with E-state index in [9.17, 15) is 9.59 Å². The van der Waals surface area contributed by atoms with Crippen molar-refractivity contribution in [1.82, 2.24) is 5.32 Å². The molecule has 5 nitrogen and oxygen atoms in total. The third kappa shape index (κ3) is 7.06. The van der Waals surface area contributed by atoms with E-state index in [-0.39, 0.29) is 5.91 Å². The normalized spacial score (nSPS) is 12.1. The number of carbonyl (C=O) groups excluding carboxylic acids is 2. The van der Waals surface area contributed by atoms with Gasteiger partial charge in [0, 0.05) is 12.1 Å². The minimum absolute atomic E-state index is 0.265. The SMILES string of the molecule is CCCc1ccccc1NC(=O)[C@H](Cc1ccccc1)NC(=O)OC(C)(C)C. The molecule has 0 fully saturated rings. The maximum Gasteiger partial charge on any atom is 0.408 e. The molecule has 0 spiro atoms. The predicted molar refractivity (Wildman–Crippen MR) is 112 cm³/mol. The van der Waals surface area contributed by atoms with Crippen LogP contribution in [0.1, 0.15) is 45.2 Å². The van der Waals surface area contributed by atoms with E-state index < -0.39 is 17.7 Å². The van der Waals surface area contributed by atoms with Gasteiger partial charge in [-0.3, -0.25) is 4.79 Å². The number of para-hydroxylation sites is 1. The predicted octanol–water partition coefficient (Wildman–Crippen LogP) is 4.71. The van der Waals surface area contributed by atoms with Crippen molar-refractivity contribution in [3.8, 4) is 0 Å². The number of nitrogens with one attached hydrogen (secondary N) is 2. The van der Waals surface area contributed by atoms with Gasteiger partial charge < -0.3 is 15.4 Å². The zero-order chi connectivity index (χ0) is 20.6.